The van der Waals surface area contributed by atoms with E-state index in [0.717, 1.165) is 22.9 Å². The second kappa shape index (κ2) is 4.62. The summed E-state index contributed by atoms with van der Waals surface area (Å²) in [4.78, 5) is 17.3. The maximum absolute atomic E-state index is 12.4. The molecule has 1 heterocycles. The second-order valence-corrected chi connectivity index (χ2v) is 4.42. The number of H-pyrrole nitrogens is 1. The molecule has 1 aromatic carbocycles. The minimum Gasteiger partial charge on any atom is -0.361 e. The van der Waals surface area contributed by atoms with Gasteiger partial charge in [0.15, 0.2) is 0 Å². The lowest BCUT2D eigenvalue weighted by Crippen LogP contribution is -2.34. The summed E-state index contributed by atoms with van der Waals surface area (Å²) in [5, 5.41) is 0.993. The van der Waals surface area contributed by atoms with E-state index in [1.807, 2.05) is 42.4 Å². The molecule has 17 heavy (non-hydrogen) atoms. The summed E-state index contributed by atoms with van der Waals surface area (Å²) in [5.74, 6) is 0.0875. The van der Waals surface area contributed by atoms with Gasteiger partial charge in [-0.25, -0.2) is 0 Å². The van der Waals surface area contributed by atoms with E-state index in [9.17, 15) is 4.79 Å². The third-order valence-electron chi connectivity index (χ3n) is 3.40. The van der Waals surface area contributed by atoms with Gasteiger partial charge in [-0.3, -0.25) is 4.79 Å². The third-order valence-corrected chi connectivity index (χ3v) is 3.40. The lowest BCUT2D eigenvalue weighted by atomic mass is 10.1. The molecule has 1 unspecified atom stereocenters. The number of rotatable bonds is 3. The Morgan fingerprint density at radius 1 is 1.41 bits per heavy atom. The molecule has 1 atom stereocenters. The Kier molecular flexibility index (Phi) is 3.18. The van der Waals surface area contributed by atoms with Gasteiger partial charge in [-0.2, -0.15) is 0 Å². The molecule has 3 nitrogen and oxygen atoms in total. The lowest BCUT2D eigenvalue weighted by molar-refractivity contribution is 0.0742. The second-order valence-electron chi connectivity index (χ2n) is 4.42. The molecule has 0 spiro atoms. The van der Waals surface area contributed by atoms with E-state index in [4.69, 9.17) is 0 Å². The van der Waals surface area contributed by atoms with Gasteiger partial charge in [-0.05, 0) is 31.5 Å². The van der Waals surface area contributed by atoms with E-state index in [1.54, 1.807) is 0 Å². The smallest absolute Gasteiger partial charge is 0.254 e. The van der Waals surface area contributed by atoms with Crippen LogP contribution in [0.1, 0.15) is 30.6 Å². The van der Waals surface area contributed by atoms with E-state index >= 15 is 0 Å². The first-order valence-electron chi connectivity index (χ1n) is 5.98. The average molecular weight is 230 g/mol. The first kappa shape index (κ1) is 11.7. The van der Waals surface area contributed by atoms with Crippen molar-refractivity contribution in [3.05, 3.63) is 36.0 Å². The van der Waals surface area contributed by atoms with Crippen LogP contribution >= 0.6 is 0 Å². The molecule has 1 N–H and O–H groups in total. The van der Waals surface area contributed by atoms with Crippen LogP contribution in [0.15, 0.2) is 30.5 Å². The number of hydrogen-bond acceptors (Lipinski definition) is 1. The van der Waals surface area contributed by atoms with Crippen molar-refractivity contribution < 1.29 is 4.79 Å². The van der Waals surface area contributed by atoms with Gasteiger partial charge in [-0.15, -0.1) is 0 Å². The molecular formula is C14H18N2O. The molecule has 0 radical (unpaired) electrons. The van der Waals surface area contributed by atoms with E-state index in [-0.39, 0.29) is 11.9 Å². The van der Waals surface area contributed by atoms with Crippen molar-refractivity contribution in [3.63, 3.8) is 0 Å². The predicted molar refractivity (Wildman–Crippen MR) is 70.1 cm³/mol. The van der Waals surface area contributed by atoms with Crippen LogP contribution in [-0.4, -0.2) is 28.9 Å². The monoisotopic (exact) mass is 230 g/mol. The van der Waals surface area contributed by atoms with Crippen molar-refractivity contribution in [1.82, 2.24) is 9.88 Å². The minimum atomic E-state index is 0.0875. The molecule has 90 valence electrons. The molecule has 1 amide bonds. The van der Waals surface area contributed by atoms with E-state index < -0.39 is 0 Å². The van der Waals surface area contributed by atoms with Gasteiger partial charge in [-0.1, -0.05) is 13.0 Å². The molecule has 0 aliphatic rings. The fraction of sp³-hybridized carbons (Fsp3) is 0.357. The van der Waals surface area contributed by atoms with E-state index in [2.05, 4.69) is 18.8 Å². The number of hydrogen-bond donors (Lipinski definition) is 1. The first-order valence-corrected chi connectivity index (χ1v) is 5.98. The van der Waals surface area contributed by atoms with Gasteiger partial charge in [0.05, 0.1) is 0 Å². The average Bonchev–Trinajstić information content (AvgIpc) is 2.83. The van der Waals surface area contributed by atoms with Crippen LogP contribution in [0.25, 0.3) is 10.9 Å². The van der Waals surface area contributed by atoms with Crippen molar-refractivity contribution in [2.75, 3.05) is 7.05 Å². The highest BCUT2D eigenvalue weighted by Gasteiger charge is 2.18. The number of fused-ring (bicyclic) bond motifs is 1. The maximum Gasteiger partial charge on any atom is 0.254 e. The SMILES string of the molecule is CCC(C)N(C)C(=O)c1cccc2[nH]ccc12. The summed E-state index contributed by atoms with van der Waals surface area (Å²) in [5.41, 5.74) is 1.78. The van der Waals surface area contributed by atoms with Gasteiger partial charge in [0, 0.05) is 35.8 Å². The van der Waals surface area contributed by atoms with Crippen molar-refractivity contribution >= 4 is 16.8 Å². The lowest BCUT2D eigenvalue weighted by Gasteiger charge is -2.24. The van der Waals surface area contributed by atoms with Gasteiger partial charge in [0.2, 0.25) is 0 Å². The van der Waals surface area contributed by atoms with Gasteiger partial charge in [0.1, 0.15) is 0 Å². The van der Waals surface area contributed by atoms with E-state index in [0.29, 0.717) is 0 Å². The maximum atomic E-state index is 12.4. The number of carbonyl (C=O) groups excluding carboxylic acids is 1. The molecule has 0 aliphatic heterocycles. The summed E-state index contributed by atoms with van der Waals surface area (Å²) in [6, 6.07) is 7.99. The summed E-state index contributed by atoms with van der Waals surface area (Å²) in [6.07, 6.45) is 2.83. The fourth-order valence-electron chi connectivity index (χ4n) is 1.94. The Bertz CT molecular complexity index is 530. The fourth-order valence-corrected chi connectivity index (χ4v) is 1.94. The number of nitrogens with one attached hydrogen (secondary N) is 1. The van der Waals surface area contributed by atoms with Gasteiger partial charge >= 0.3 is 0 Å². The number of aromatic amines is 1. The van der Waals surface area contributed by atoms with Crippen molar-refractivity contribution in [3.8, 4) is 0 Å². The largest absolute Gasteiger partial charge is 0.361 e. The van der Waals surface area contributed by atoms with Crippen molar-refractivity contribution in [2.45, 2.75) is 26.3 Å². The molecular weight excluding hydrogens is 212 g/mol. The Balaban J connectivity index is 2.39. The molecule has 2 rings (SSSR count). The number of nitrogens with zero attached hydrogens (tertiary/aromatic N) is 1. The Morgan fingerprint density at radius 3 is 2.88 bits per heavy atom. The van der Waals surface area contributed by atoms with Crippen LogP contribution in [0.3, 0.4) is 0 Å². The quantitative estimate of drug-likeness (QED) is 0.864. The standard InChI is InChI=1S/C14H18N2O/c1-4-10(2)16(3)14(17)12-6-5-7-13-11(12)8-9-15-13/h5-10,15H,4H2,1-3H3. The Labute approximate surface area is 101 Å². The molecule has 0 saturated carbocycles. The molecule has 3 heteroatoms. The molecule has 2 aromatic rings. The molecule has 0 bridgehead atoms. The summed E-state index contributed by atoms with van der Waals surface area (Å²) in [6.45, 7) is 4.15. The van der Waals surface area contributed by atoms with Crippen LogP contribution in [0.5, 0.6) is 0 Å². The normalized spacial score (nSPS) is 12.6. The zero-order valence-corrected chi connectivity index (χ0v) is 10.5. The van der Waals surface area contributed by atoms with Crippen LogP contribution < -0.4 is 0 Å². The molecule has 0 fully saturated rings. The first-order chi connectivity index (χ1) is 8.15. The van der Waals surface area contributed by atoms with Crippen LogP contribution in [0, 0.1) is 0 Å². The highest BCUT2D eigenvalue weighted by molar-refractivity contribution is 6.06. The third kappa shape index (κ3) is 2.05. The van der Waals surface area contributed by atoms with Crippen molar-refractivity contribution in [1.29, 1.82) is 0 Å². The van der Waals surface area contributed by atoms with E-state index in [1.165, 1.54) is 0 Å². The minimum absolute atomic E-state index is 0.0875. The zero-order chi connectivity index (χ0) is 12.4. The van der Waals surface area contributed by atoms with Crippen LogP contribution in [0.2, 0.25) is 0 Å². The number of benzene rings is 1. The Hall–Kier alpha value is -1.77. The topological polar surface area (TPSA) is 36.1 Å². The molecule has 1 aromatic heterocycles. The highest BCUT2D eigenvalue weighted by Crippen LogP contribution is 2.19. The van der Waals surface area contributed by atoms with Crippen LogP contribution in [-0.2, 0) is 0 Å². The number of aromatic nitrogens is 1. The summed E-state index contributed by atoms with van der Waals surface area (Å²) < 4.78 is 0. The number of carbonyl (C=O) groups is 1. The summed E-state index contributed by atoms with van der Waals surface area (Å²) in [7, 11) is 1.86. The van der Waals surface area contributed by atoms with Gasteiger partial charge < -0.3 is 9.88 Å². The Morgan fingerprint density at radius 2 is 2.18 bits per heavy atom. The number of amides is 1. The zero-order valence-electron chi connectivity index (χ0n) is 10.5. The van der Waals surface area contributed by atoms with Crippen LogP contribution in [0.4, 0.5) is 0 Å². The van der Waals surface area contributed by atoms with Gasteiger partial charge in [0.25, 0.3) is 5.91 Å². The molecule has 0 aliphatic carbocycles. The predicted octanol–water partition coefficient (Wildman–Crippen LogP) is 3.04. The molecule has 0 saturated heterocycles. The highest BCUT2D eigenvalue weighted by atomic mass is 16.2. The van der Waals surface area contributed by atoms with Crippen molar-refractivity contribution in [2.24, 2.45) is 0 Å². The summed E-state index contributed by atoms with van der Waals surface area (Å²) >= 11 is 0.